The summed E-state index contributed by atoms with van der Waals surface area (Å²) in [7, 11) is 22.0. The molecule has 8 heteroatoms. The van der Waals surface area contributed by atoms with E-state index >= 15 is 0 Å². The van der Waals surface area contributed by atoms with Gasteiger partial charge in [0.25, 0.3) is 0 Å². The molecular formula is C44H70N4O4+4. The Bertz CT molecular complexity index is 1500. The first-order chi connectivity index (χ1) is 24.3. The van der Waals surface area contributed by atoms with Crippen molar-refractivity contribution >= 4 is 24.3 Å². The van der Waals surface area contributed by atoms with Crippen LogP contribution in [-0.4, -0.2) is 154 Å². The SMILES string of the molecule is CC[N+](C)(C)CCOc1cc(/C=C/c2ccc(/C=C/c3cc(OCC[N+](C)(C)C)cc(OCC[N+](C)(C)C)c3)cc2)cc(OCC[N+](C)(C)CC)c1. The van der Waals surface area contributed by atoms with Crippen molar-refractivity contribution in [2.45, 2.75) is 13.8 Å². The average Bonchev–Trinajstić information content (AvgIpc) is 3.05. The van der Waals surface area contributed by atoms with E-state index in [1.54, 1.807) is 0 Å². The maximum absolute atomic E-state index is 6.25. The van der Waals surface area contributed by atoms with Crippen molar-refractivity contribution in [3.8, 4) is 23.0 Å². The fourth-order valence-corrected chi connectivity index (χ4v) is 4.83. The summed E-state index contributed by atoms with van der Waals surface area (Å²) < 4.78 is 28.4. The lowest BCUT2D eigenvalue weighted by molar-refractivity contribution is -0.888. The summed E-state index contributed by atoms with van der Waals surface area (Å²) in [5, 5.41) is 0. The molecule has 0 aromatic heterocycles. The minimum Gasteiger partial charge on any atom is -0.488 e. The highest BCUT2D eigenvalue weighted by Crippen LogP contribution is 2.27. The summed E-state index contributed by atoms with van der Waals surface area (Å²) in [5.74, 6) is 3.32. The Hall–Kier alpha value is -3.82. The van der Waals surface area contributed by atoms with Crippen LogP contribution in [0.4, 0.5) is 0 Å². The molecule has 0 aliphatic heterocycles. The first kappa shape index (κ1) is 42.6. The molecule has 0 amide bonds. The molecule has 3 aromatic carbocycles. The van der Waals surface area contributed by atoms with E-state index in [1.165, 1.54) is 0 Å². The quantitative estimate of drug-likeness (QED) is 0.0818. The highest BCUT2D eigenvalue weighted by molar-refractivity contribution is 5.74. The second kappa shape index (κ2) is 19.3. The third kappa shape index (κ3) is 17.1. The molecule has 286 valence electrons. The average molecular weight is 719 g/mol. The molecule has 0 radical (unpaired) electrons. The molecule has 0 fully saturated rings. The van der Waals surface area contributed by atoms with Crippen LogP contribution in [0.15, 0.2) is 60.7 Å². The number of quaternary nitrogens is 4. The fourth-order valence-electron chi connectivity index (χ4n) is 4.83. The smallest absolute Gasteiger partial charge is 0.137 e. The van der Waals surface area contributed by atoms with Gasteiger partial charge in [0.1, 0.15) is 75.6 Å². The third-order valence-electron chi connectivity index (χ3n) is 9.38. The Morgan fingerprint density at radius 3 is 0.923 bits per heavy atom. The molecule has 0 N–H and O–H groups in total. The molecule has 0 saturated carbocycles. The van der Waals surface area contributed by atoms with E-state index in [2.05, 4.69) is 157 Å². The van der Waals surface area contributed by atoms with E-state index in [1.807, 2.05) is 12.1 Å². The monoisotopic (exact) mass is 719 g/mol. The van der Waals surface area contributed by atoms with Gasteiger partial charge in [0.15, 0.2) is 0 Å². The summed E-state index contributed by atoms with van der Waals surface area (Å²) in [6.07, 6.45) is 8.53. The zero-order valence-electron chi connectivity index (χ0n) is 34.6. The first-order valence-electron chi connectivity index (χ1n) is 18.9. The second-order valence-electron chi connectivity index (χ2n) is 17.2. The highest BCUT2D eigenvalue weighted by Gasteiger charge is 2.14. The lowest BCUT2D eigenvalue weighted by atomic mass is 10.1. The first-order valence-corrected chi connectivity index (χ1v) is 18.9. The van der Waals surface area contributed by atoms with E-state index in [0.29, 0.717) is 26.4 Å². The lowest BCUT2D eigenvalue weighted by Gasteiger charge is -2.28. The molecule has 0 saturated heterocycles. The normalized spacial score (nSPS) is 12.8. The summed E-state index contributed by atoms with van der Waals surface area (Å²) in [6, 6.07) is 21.0. The van der Waals surface area contributed by atoms with Crippen LogP contribution < -0.4 is 18.9 Å². The van der Waals surface area contributed by atoms with Crippen LogP contribution in [0.5, 0.6) is 23.0 Å². The minimum atomic E-state index is 0.642. The van der Waals surface area contributed by atoms with E-state index < -0.39 is 0 Å². The van der Waals surface area contributed by atoms with Gasteiger partial charge in [-0.1, -0.05) is 48.6 Å². The van der Waals surface area contributed by atoms with Gasteiger partial charge in [-0.15, -0.1) is 0 Å². The van der Waals surface area contributed by atoms with Gasteiger partial charge in [0.2, 0.25) is 0 Å². The van der Waals surface area contributed by atoms with Crippen LogP contribution in [0.2, 0.25) is 0 Å². The molecule has 0 bridgehead atoms. The summed E-state index contributed by atoms with van der Waals surface area (Å²) >= 11 is 0. The number of rotatable bonds is 22. The van der Waals surface area contributed by atoms with Crippen LogP contribution in [0, 0.1) is 0 Å². The molecule has 0 atom stereocenters. The number of benzene rings is 3. The zero-order valence-corrected chi connectivity index (χ0v) is 34.6. The molecule has 0 aliphatic rings. The second-order valence-corrected chi connectivity index (χ2v) is 17.2. The zero-order chi connectivity index (χ0) is 38.4. The molecule has 0 heterocycles. The maximum atomic E-state index is 6.25. The van der Waals surface area contributed by atoms with Crippen molar-refractivity contribution in [2.24, 2.45) is 0 Å². The fraction of sp³-hybridized carbons (Fsp3) is 0.500. The van der Waals surface area contributed by atoms with E-state index in [-0.39, 0.29) is 0 Å². The van der Waals surface area contributed by atoms with Crippen LogP contribution in [0.25, 0.3) is 24.3 Å². The van der Waals surface area contributed by atoms with Gasteiger partial charge >= 0.3 is 0 Å². The van der Waals surface area contributed by atoms with Crippen molar-refractivity contribution in [3.63, 3.8) is 0 Å². The Morgan fingerprint density at radius 2 is 0.654 bits per heavy atom. The van der Waals surface area contributed by atoms with E-state index in [9.17, 15) is 0 Å². The van der Waals surface area contributed by atoms with Crippen molar-refractivity contribution in [1.29, 1.82) is 0 Å². The third-order valence-corrected chi connectivity index (χ3v) is 9.38. The number of hydrogen-bond acceptors (Lipinski definition) is 4. The van der Waals surface area contributed by atoms with E-state index in [4.69, 9.17) is 18.9 Å². The molecule has 0 aliphatic carbocycles. The summed E-state index contributed by atoms with van der Waals surface area (Å²) in [5.41, 5.74) is 4.33. The molecule has 0 unspecified atom stereocenters. The van der Waals surface area contributed by atoms with Crippen molar-refractivity contribution in [3.05, 3.63) is 82.9 Å². The van der Waals surface area contributed by atoms with Gasteiger partial charge in [-0.05, 0) is 60.4 Å². The largest absolute Gasteiger partial charge is 0.488 e. The Morgan fingerprint density at radius 1 is 0.385 bits per heavy atom. The molecule has 52 heavy (non-hydrogen) atoms. The number of hydrogen-bond donors (Lipinski definition) is 0. The molecule has 8 nitrogen and oxygen atoms in total. The standard InChI is InChI=1S/C44H70N4O4/c1-13-47(9,10)25-29-51-43-33-40(34-44(36-43)52-30-26-48(11,12)14-2)22-20-38-17-15-37(16-18-38)19-21-39-31-41(49-27-23-45(3,4)5)35-42(32-39)50-28-24-46(6,7)8/h15-22,31-36H,13-14,23-30H2,1-12H3/q+4/b21-19+,22-20+. The van der Waals surface area contributed by atoms with Crippen molar-refractivity contribution in [1.82, 2.24) is 0 Å². The Labute approximate surface area is 316 Å². The molecule has 3 aromatic rings. The van der Waals surface area contributed by atoms with Gasteiger partial charge in [-0.25, -0.2) is 0 Å². The maximum Gasteiger partial charge on any atom is 0.137 e. The van der Waals surface area contributed by atoms with Gasteiger partial charge < -0.3 is 36.9 Å². The molecular weight excluding hydrogens is 649 g/mol. The van der Waals surface area contributed by atoms with Gasteiger partial charge in [-0.3, -0.25) is 0 Å². The van der Waals surface area contributed by atoms with Crippen LogP contribution in [0.1, 0.15) is 36.1 Å². The highest BCUT2D eigenvalue weighted by atomic mass is 16.5. The van der Waals surface area contributed by atoms with Gasteiger partial charge in [-0.2, -0.15) is 0 Å². The lowest BCUT2D eigenvalue weighted by Crippen LogP contribution is -2.42. The number of nitrogens with zero attached hydrogens (tertiary/aromatic N) is 4. The Kier molecular flexibility index (Phi) is 15.8. The van der Waals surface area contributed by atoms with E-state index in [0.717, 1.165) is 102 Å². The molecule has 0 spiro atoms. The Balaban J connectivity index is 1.74. The van der Waals surface area contributed by atoms with Crippen LogP contribution >= 0.6 is 0 Å². The van der Waals surface area contributed by atoms with Crippen molar-refractivity contribution in [2.75, 3.05) is 136 Å². The van der Waals surface area contributed by atoms with Crippen LogP contribution in [-0.2, 0) is 0 Å². The summed E-state index contributed by atoms with van der Waals surface area (Å²) in [6.45, 7) is 12.9. The number of likely N-dealkylation sites (N-methyl/N-ethyl adjacent to an activating group) is 4. The van der Waals surface area contributed by atoms with Crippen molar-refractivity contribution < 1.29 is 36.9 Å². The number of ether oxygens (including phenoxy) is 4. The summed E-state index contributed by atoms with van der Waals surface area (Å²) in [4.78, 5) is 0. The van der Waals surface area contributed by atoms with Gasteiger partial charge in [0, 0.05) is 12.1 Å². The van der Waals surface area contributed by atoms with Gasteiger partial charge in [0.05, 0.1) is 83.6 Å². The predicted octanol–water partition coefficient (Wildman–Crippen LogP) is 7.15. The predicted molar refractivity (Wildman–Crippen MR) is 220 cm³/mol. The topological polar surface area (TPSA) is 36.9 Å². The molecule has 3 rings (SSSR count). The van der Waals surface area contributed by atoms with Crippen LogP contribution in [0.3, 0.4) is 0 Å². The minimum absolute atomic E-state index is 0.642.